The summed E-state index contributed by atoms with van der Waals surface area (Å²) in [6, 6.07) is 1.69. The highest BCUT2D eigenvalue weighted by molar-refractivity contribution is 6.31. The molecule has 0 fully saturated rings. The Morgan fingerprint density at radius 3 is 2.95 bits per heavy atom. The van der Waals surface area contributed by atoms with Gasteiger partial charge in [-0.2, -0.15) is 0 Å². The average Bonchev–Trinajstić information content (AvgIpc) is 2.86. The lowest BCUT2D eigenvalue weighted by molar-refractivity contribution is 0.102. The van der Waals surface area contributed by atoms with E-state index < -0.39 is 5.82 Å². The van der Waals surface area contributed by atoms with E-state index in [1.54, 1.807) is 12.3 Å². The normalized spacial score (nSPS) is 10.8. The summed E-state index contributed by atoms with van der Waals surface area (Å²) in [6.07, 6.45) is 5.77. The van der Waals surface area contributed by atoms with Crippen LogP contribution in [0.25, 0.3) is 11.0 Å². The molecule has 0 spiro atoms. The van der Waals surface area contributed by atoms with E-state index in [2.05, 4.69) is 20.3 Å². The topological polar surface area (TPSA) is 70.7 Å². The first-order chi connectivity index (χ1) is 10.1. The summed E-state index contributed by atoms with van der Waals surface area (Å²) in [5, 5.41) is 2.68. The van der Waals surface area contributed by atoms with Gasteiger partial charge in [0.15, 0.2) is 5.82 Å². The first-order valence-electron chi connectivity index (χ1n) is 6.10. The van der Waals surface area contributed by atoms with Crippen LogP contribution in [-0.2, 0) is 0 Å². The summed E-state index contributed by atoms with van der Waals surface area (Å²) in [4.78, 5) is 22.9. The Hall–Kier alpha value is -2.47. The molecule has 3 heterocycles. The number of fused-ring (bicyclic) bond motifs is 1. The van der Waals surface area contributed by atoms with Crippen molar-refractivity contribution in [2.75, 3.05) is 5.32 Å². The van der Waals surface area contributed by atoms with E-state index in [1.165, 1.54) is 18.6 Å². The second-order valence-corrected chi connectivity index (χ2v) is 4.96. The summed E-state index contributed by atoms with van der Waals surface area (Å²) in [6.45, 7) is 1.83. The van der Waals surface area contributed by atoms with Crippen LogP contribution in [0.2, 0.25) is 5.02 Å². The second-order valence-electron chi connectivity index (χ2n) is 4.55. The van der Waals surface area contributed by atoms with Crippen molar-refractivity contribution in [1.29, 1.82) is 0 Å². The van der Waals surface area contributed by atoms with E-state index in [-0.39, 0.29) is 22.0 Å². The van der Waals surface area contributed by atoms with Crippen molar-refractivity contribution in [3.05, 3.63) is 52.8 Å². The predicted molar refractivity (Wildman–Crippen MR) is 78.0 cm³/mol. The van der Waals surface area contributed by atoms with Crippen LogP contribution in [0.5, 0.6) is 0 Å². The molecule has 3 aromatic rings. The van der Waals surface area contributed by atoms with Gasteiger partial charge in [0.2, 0.25) is 0 Å². The third kappa shape index (κ3) is 2.45. The number of amides is 1. The largest absolute Gasteiger partial charge is 0.344 e. The molecule has 0 unspecified atom stereocenters. The number of nitrogens with zero attached hydrogens (tertiary/aromatic N) is 2. The Labute approximate surface area is 124 Å². The monoisotopic (exact) mass is 304 g/mol. The predicted octanol–water partition coefficient (Wildman–Crippen LogP) is 3.31. The van der Waals surface area contributed by atoms with Gasteiger partial charge >= 0.3 is 0 Å². The van der Waals surface area contributed by atoms with Gasteiger partial charge in [0.25, 0.3) is 5.91 Å². The van der Waals surface area contributed by atoms with Gasteiger partial charge < -0.3 is 10.3 Å². The minimum Gasteiger partial charge on any atom is -0.344 e. The maximum atomic E-state index is 14.1. The summed E-state index contributed by atoms with van der Waals surface area (Å²) in [5.74, 6) is -1.01. The zero-order valence-electron chi connectivity index (χ0n) is 10.9. The number of aromatic amines is 1. The third-order valence-electron chi connectivity index (χ3n) is 2.98. The van der Waals surface area contributed by atoms with Crippen LogP contribution < -0.4 is 5.32 Å². The molecule has 21 heavy (non-hydrogen) atoms. The number of pyridine rings is 2. The fourth-order valence-electron chi connectivity index (χ4n) is 2.01. The molecule has 106 valence electrons. The van der Waals surface area contributed by atoms with E-state index in [4.69, 9.17) is 11.6 Å². The summed E-state index contributed by atoms with van der Waals surface area (Å²) >= 11 is 5.72. The zero-order chi connectivity index (χ0) is 15.0. The van der Waals surface area contributed by atoms with Gasteiger partial charge in [0, 0.05) is 18.6 Å². The molecule has 0 atom stereocenters. The first kappa shape index (κ1) is 13.5. The number of carbonyl (C=O) groups is 1. The van der Waals surface area contributed by atoms with E-state index in [0.29, 0.717) is 11.2 Å². The van der Waals surface area contributed by atoms with Crippen LogP contribution in [0.4, 0.5) is 10.1 Å². The van der Waals surface area contributed by atoms with E-state index >= 15 is 0 Å². The maximum Gasteiger partial charge on any atom is 0.257 e. The van der Waals surface area contributed by atoms with Crippen molar-refractivity contribution >= 4 is 34.2 Å². The SMILES string of the molecule is Cc1cncc(C(=O)Nc2c[nH]c3ncc(Cl)c(F)c23)c1. The zero-order valence-corrected chi connectivity index (χ0v) is 11.7. The highest BCUT2D eigenvalue weighted by Gasteiger charge is 2.16. The number of aromatic nitrogens is 3. The van der Waals surface area contributed by atoms with Gasteiger partial charge in [0.1, 0.15) is 5.65 Å². The molecule has 2 N–H and O–H groups in total. The van der Waals surface area contributed by atoms with Crippen molar-refractivity contribution in [2.24, 2.45) is 0 Å². The Morgan fingerprint density at radius 1 is 1.38 bits per heavy atom. The number of hydrogen-bond donors (Lipinski definition) is 2. The minimum absolute atomic E-state index is 0.102. The van der Waals surface area contributed by atoms with E-state index in [0.717, 1.165) is 5.56 Å². The number of aryl methyl sites for hydroxylation is 1. The Morgan fingerprint density at radius 2 is 2.19 bits per heavy atom. The molecular formula is C14H10ClFN4O. The van der Waals surface area contributed by atoms with Crippen molar-refractivity contribution in [1.82, 2.24) is 15.0 Å². The second kappa shape index (κ2) is 5.14. The number of carbonyl (C=O) groups excluding carboxylic acids is 1. The Balaban J connectivity index is 1.99. The standard InChI is InChI=1S/C14H10ClFN4O/c1-7-2-8(4-17-3-7)14(21)20-10-6-19-13-11(10)12(16)9(15)5-18-13/h2-6H,1H3,(H,18,19)(H,20,21). The smallest absolute Gasteiger partial charge is 0.257 e. The van der Waals surface area contributed by atoms with Crippen LogP contribution in [-0.4, -0.2) is 20.9 Å². The van der Waals surface area contributed by atoms with Gasteiger partial charge in [-0.05, 0) is 18.6 Å². The molecule has 0 saturated heterocycles. The highest BCUT2D eigenvalue weighted by Crippen LogP contribution is 2.28. The van der Waals surface area contributed by atoms with Crippen molar-refractivity contribution < 1.29 is 9.18 Å². The Bertz CT molecular complexity index is 846. The van der Waals surface area contributed by atoms with E-state index in [9.17, 15) is 9.18 Å². The van der Waals surface area contributed by atoms with Crippen molar-refractivity contribution in [3.63, 3.8) is 0 Å². The molecule has 1 amide bonds. The summed E-state index contributed by atoms with van der Waals surface area (Å²) in [7, 11) is 0. The molecule has 0 aliphatic heterocycles. The van der Waals surface area contributed by atoms with Gasteiger partial charge in [0.05, 0.1) is 27.9 Å². The molecule has 0 saturated carbocycles. The maximum absolute atomic E-state index is 14.1. The van der Waals surface area contributed by atoms with Crippen LogP contribution in [0, 0.1) is 12.7 Å². The molecule has 0 radical (unpaired) electrons. The number of hydrogen-bond acceptors (Lipinski definition) is 3. The molecule has 7 heteroatoms. The van der Waals surface area contributed by atoms with Crippen molar-refractivity contribution in [2.45, 2.75) is 6.92 Å². The number of H-pyrrole nitrogens is 1. The third-order valence-corrected chi connectivity index (χ3v) is 3.24. The van der Waals surface area contributed by atoms with Crippen LogP contribution in [0.1, 0.15) is 15.9 Å². The fraction of sp³-hybridized carbons (Fsp3) is 0.0714. The molecule has 3 rings (SSSR count). The van der Waals surface area contributed by atoms with Crippen LogP contribution in [0.15, 0.2) is 30.9 Å². The molecule has 0 aliphatic rings. The molecule has 5 nitrogen and oxygen atoms in total. The number of nitrogens with one attached hydrogen (secondary N) is 2. The van der Waals surface area contributed by atoms with Crippen LogP contribution >= 0.6 is 11.6 Å². The van der Waals surface area contributed by atoms with Crippen LogP contribution in [0.3, 0.4) is 0 Å². The van der Waals surface area contributed by atoms with Gasteiger partial charge in [-0.3, -0.25) is 9.78 Å². The van der Waals surface area contributed by atoms with E-state index in [1.807, 2.05) is 6.92 Å². The summed E-state index contributed by atoms with van der Waals surface area (Å²) in [5.41, 5.74) is 1.84. The minimum atomic E-state index is -0.624. The molecule has 3 aromatic heterocycles. The number of rotatable bonds is 2. The highest BCUT2D eigenvalue weighted by atomic mass is 35.5. The number of anilines is 1. The lowest BCUT2D eigenvalue weighted by atomic mass is 10.2. The lowest BCUT2D eigenvalue weighted by Gasteiger charge is -2.05. The first-order valence-corrected chi connectivity index (χ1v) is 6.48. The molecular weight excluding hydrogens is 295 g/mol. The fourth-order valence-corrected chi connectivity index (χ4v) is 2.15. The van der Waals surface area contributed by atoms with Gasteiger partial charge in [-0.1, -0.05) is 11.6 Å². The number of halogens is 2. The van der Waals surface area contributed by atoms with Gasteiger partial charge in [-0.25, -0.2) is 9.37 Å². The molecule has 0 bridgehead atoms. The average molecular weight is 305 g/mol. The summed E-state index contributed by atoms with van der Waals surface area (Å²) < 4.78 is 14.1. The molecule has 0 aromatic carbocycles. The van der Waals surface area contributed by atoms with Gasteiger partial charge in [-0.15, -0.1) is 0 Å². The van der Waals surface area contributed by atoms with Crippen molar-refractivity contribution in [3.8, 4) is 0 Å². The quantitative estimate of drug-likeness (QED) is 0.763. The lowest BCUT2D eigenvalue weighted by Crippen LogP contribution is -2.12. The Kier molecular flexibility index (Phi) is 3.31. The molecule has 0 aliphatic carbocycles.